The Hall–Kier alpha value is -4.22. The van der Waals surface area contributed by atoms with Crippen LogP contribution in [-0.4, -0.2) is 25.7 Å². The van der Waals surface area contributed by atoms with Gasteiger partial charge >= 0.3 is 12.3 Å². The number of anilines is 3. The van der Waals surface area contributed by atoms with Gasteiger partial charge in [-0.05, 0) is 31.2 Å². The van der Waals surface area contributed by atoms with Crippen molar-refractivity contribution in [3.8, 4) is 5.82 Å². The number of imidazole rings is 1. The summed E-state index contributed by atoms with van der Waals surface area (Å²) in [4.78, 5) is 19.7. The summed E-state index contributed by atoms with van der Waals surface area (Å²) in [6.07, 6.45) is -5.86. The fourth-order valence-corrected chi connectivity index (χ4v) is 3.26. The largest absolute Gasteiger partial charge is 0.465 e. The summed E-state index contributed by atoms with van der Waals surface area (Å²) < 4.78 is 67.3. The summed E-state index contributed by atoms with van der Waals surface area (Å²) in [6, 6.07) is 8.68. The van der Waals surface area contributed by atoms with Gasteiger partial charge in [-0.1, -0.05) is 0 Å². The average molecular weight is 463 g/mol. The Balaban J connectivity index is 1.79. The molecule has 3 N–H and O–H groups in total. The van der Waals surface area contributed by atoms with Gasteiger partial charge in [-0.2, -0.15) is 13.2 Å². The zero-order valence-corrected chi connectivity index (χ0v) is 16.7. The maximum atomic E-state index is 13.9. The molecule has 4 aromatic rings. The molecule has 0 radical (unpaired) electrons. The van der Waals surface area contributed by atoms with Crippen molar-refractivity contribution in [2.75, 3.05) is 10.6 Å². The molecule has 0 aliphatic rings. The first-order chi connectivity index (χ1) is 15.5. The lowest BCUT2D eigenvalue weighted by Crippen LogP contribution is -2.10. The fraction of sp³-hybridized carbons (Fsp3) is 0.0952. The predicted octanol–water partition coefficient (Wildman–Crippen LogP) is 5.86. The molecule has 0 saturated heterocycles. The monoisotopic (exact) mass is 463 g/mol. The van der Waals surface area contributed by atoms with Gasteiger partial charge in [-0.25, -0.2) is 23.5 Å². The van der Waals surface area contributed by atoms with E-state index in [1.165, 1.54) is 28.8 Å². The SMILES string of the molecule is Cc1nc2cc(F)c(F)cc2n1-c1cc(NC(=O)O)cc(Nc2ccc(C(F)(F)F)cc2)n1. The average Bonchev–Trinajstić information content (AvgIpc) is 3.02. The first-order valence-electron chi connectivity index (χ1n) is 9.32. The van der Waals surface area contributed by atoms with Gasteiger partial charge in [-0.3, -0.25) is 9.88 Å². The first-order valence-corrected chi connectivity index (χ1v) is 9.32. The number of hydrogen-bond donors (Lipinski definition) is 3. The maximum Gasteiger partial charge on any atom is 0.416 e. The minimum absolute atomic E-state index is 0.0748. The Kier molecular flexibility index (Phi) is 5.36. The van der Waals surface area contributed by atoms with Crippen LogP contribution in [0.4, 0.5) is 43.9 Å². The molecule has 4 rings (SSSR count). The summed E-state index contributed by atoms with van der Waals surface area (Å²) in [5.41, 5.74) is -0.161. The molecule has 0 bridgehead atoms. The molecule has 7 nitrogen and oxygen atoms in total. The normalized spacial score (nSPS) is 11.6. The lowest BCUT2D eigenvalue weighted by Gasteiger charge is -2.13. The number of fused-ring (bicyclic) bond motifs is 1. The quantitative estimate of drug-likeness (QED) is 0.330. The first kappa shape index (κ1) is 22.0. The minimum Gasteiger partial charge on any atom is -0.465 e. The number of alkyl halides is 3. The van der Waals surface area contributed by atoms with Crippen LogP contribution in [0.1, 0.15) is 11.4 Å². The van der Waals surface area contributed by atoms with E-state index >= 15 is 0 Å². The predicted molar refractivity (Wildman–Crippen MR) is 110 cm³/mol. The highest BCUT2D eigenvalue weighted by molar-refractivity contribution is 5.85. The summed E-state index contributed by atoms with van der Waals surface area (Å²) in [5.74, 6) is -1.67. The Morgan fingerprint density at radius 2 is 1.64 bits per heavy atom. The van der Waals surface area contributed by atoms with E-state index in [1.54, 1.807) is 6.92 Å². The summed E-state index contributed by atoms with van der Waals surface area (Å²) in [5, 5.41) is 14.1. The molecular weight excluding hydrogens is 449 g/mol. The maximum absolute atomic E-state index is 13.9. The molecule has 0 aliphatic heterocycles. The molecule has 0 saturated carbocycles. The number of nitrogens with one attached hydrogen (secondary N) is 2. The van der Waals surface area contributed by atoms with Crippen LogP contribution >= 0.6 is 0 Å². The number of aromatic nitrogens is 3. The van der Waals surface area contributed by atoms with E-state index in [-0.39, 0.29) is 34.0 Å². The molecule has 0 fully saturated rings. The van der Waals surface area contributed by atoms with Crippen molar-refractivity contribution in [1.82, 2.24) is 14.5 Å². The van der Waals surface area contributed by atoms with Crippen LogP contribution in [0.15, 0.2) is 48.5 Å². The molecule has 2 aromatic carbocycles. The summed E-state index contributed by atoms with van der Waals surface area (Å²) in [6.45, 7) is 1.57. The number of aryl methyl sites for hydroxylation is 1. The third kappa shape index (κ3) is 4.54. The summed E-state index contributed by atoms with van der Waals surface area (Å²) >= 11 is 0. The van der Waals surface area contributed by atoms with E-state index in [1.807, 2.05) is 0 Å². The molecule has 170 valence electrons. The molecule has 2 heterocycles. The molecule has 0 unspecified atom stereocenters. The highest BCUT2D eigenvalue weighted by Gasteiger charge is 2.30. The van der Waals surface area contributed by atoms with E-state index in [9.17, 15) is 26.7 Å². The number of halogens is 5. The van der Waals surface area contributed by atoms with Gasteiger partial charge in [0.05, 0.1) is 22.3 Å². The third-order valence-corrected chi connectivity index (χ3v) is 4.64. The topological polar surface area (TPSA) is 92.1 Å². The number of carbonyl (C=O) groups is 1. The number of hydrogen-bond acceptors (Lipinski definition) is 4. The highest BCUT2D eigenvalue weighted by atomic mass is 19.4. The highest BCUT2D eigenvalue weighted by Crippen LogP contribution is 2.31. The zero-order valence-electron chi connectivity index (χ0n) is 16.7. The van der Waals surface area contributed by atoms with Gasteiger partial charge in [0.1, 0.15) is 17.5 Å². The molecule has 2 aromatic heterocycles. The van der Waals surface area contributed by atoms with Gasteiger partial charge in [0, 0.05) is 30.0 Å². The van der Waals surface area contributed by atoms with Gasteiger partial charge < -0.3 is 10.4 Å². The standard InChI is InChI=1S/C21H14F5N5O2/c1-10-27-16-8-14(22)15(23)9-17(16)31(10)19-7-13(29-20(32)33)6-18(30-19)28-12-4-2-11(3-5-12)21(24,25)26/h2-9H,1H3,(H,32,33)(H2,28,29,30). The van der Waals surface area contributed by atoms with Crippen LogP contribution in [0, 0.1) is 18.6 Å². The lowest BCUT2D eigenvalue weighted by atomic mass is 10.2. The molecule has 33 heavy (non-hydrogen) atoms. The van der Waals surface area contributed by atoms with Crippen LogP contribution in [0.5, 0.6) is 0 Å². The number of nitrogens with zero attached hydrogens (tertiary/aromatic N) is 3. The molecule has 0 aliphatic carbocycles. The number of benzene rings is 2. The second kappa shape index (κ2) is 8.04. The lowest BCUT2D eigenvalue weighted by molar-refractivity contribution is -0.137. The van der Waals surface area contributed by atoms with E-state index in [4.69, 9.17) is 5.11 Å². The van der Waals surface area contributed by atoms with E-state index in [2.05, 4.69) is 20.6 Å². The smallest absolute Gasteiger partial charge is 0.416 e. The third-order valence-electron chi connectivity index (χ3n) is 4.64. The fourth-order valence-electron chi connectivity index (χ4n) is 3.26. The Morgan fingerprint density at radius 3 is 2.27 bits per heavy atom. The van der Waals surface area contributed by atoms with E-state index in [0.29, 0.717) is 5.82 Å². The van der Waals surface area contributed by atoms with Gasteiger partial charge in [-0.15, -0.1) is 0 Å². The van der Waals surface area contributed by atoms with E-state index in [0.717, 1.165) is 24.3 Å². The van der Waals surface area contributed by atoms with Crippen molar-refractivity contribution in [3.63, 3.8) is 0 Å². The minimum atomic E-state index is -4.50. The van der Waals surface area contributed by atoms with Crippen LogP contribution in [0.3, 0.4) is 0 Å². The van der Waals surface area contributed by atoms with Gasteiger partial charge in [0.2, 0.25) is 0 Å². The van der Waals surface area contributed by atoms with Gasteiger partial charge in [0.15, 0.2) is 11.6 Å². The molecule has 0 spiro atoms. The molecule has 0 atom stereocenters. The number of amides is 1. The van der Waals surface area contributed by atoms with E-state index < -0.39 is 29.5 Å². The van der Waals surface area contributed by atoms with Crippen molar-refractivity contribution < 1.29 is 31.9 Å². The number of rotatable bonds is 4. The summed E-state index contributed by atoms with van der Waals surface area (Å²) in [7, 11) is 0. The second-order valence-corrected chi connectivity index (χ2v) is 6.98. The van der Waals surface area contributed by atoms with Crippen molar-refractivity contribution in [3.05, 3.63) is 71.6 Å². The van der Waals surface area contributed by atoms with Crippen molar-refractivity contribution in [2.24, 2.45) is 0 Å². The number of carboxylic acid groups (broad SMARTS) is 1. The van der Waals surface area contributed by atoms with Crippen LogP contribution in [0.25, 0.3) is 16.9 Å². The van der Waals surface area contributed by atoms with Crippen LogP contribution in [0.2, 0.25) is 0 Å². The molecule has 12 heteroatoms. The number of pyridine rings is 1. The Labute approximate surface area is 182 Å². The van der Waals surface area contributed by atoms with Crippen LogP contribution in [-0.2, 0) is 6.18 Å². The second-order valence-electron chi connectivity index (χ2n) is 6.98. The Bertz CT molecular complexity index is 1370. The van der Waals surface area contributed by atoms with Gasteiger partial charge in [0.25, 0.3) is 0 Å². The van der Waals surface area contributed by atoms with Crippen molar-refractivity contribution in [1.29, 1.82) is 0 Å². The van der Waals surface area contributed by atoms with Crippen molar-refractivity contribution >= 4 is 34.3 Å². The molecule has 1 amide bonds. The molecular formula is C21H14F5N5O2. The van der Waals surface area contributed by atoms with Crippen molar-refractivity contribution in [2.45, 2.75) is 13.1 Å². The zero-order chi connectivity index (χ0) is 23.9. The Morgan fingerprint density at radius 1 is 0.970 bits per heavy atom. The van der Waals surface area contributed by atoms with Crippen LogP contribution < -0.4 is 10.6 Å².